The number of hydrogen-bond donors (Lipinski definition) is 1. The second kappa shape index (κ2) is 5.08. The summed E-state index contributed by atoms with van der Waals surface area (Å²) in [5.41, 5.74) is 2.99. The van der Waals surface area contributed by atoms with E-state index in [1.807, 2.05) is 36.1 Å². The van der Waals surface area contributed by atoms with Crippen molar-refractivity contribution in [2.24, 2.45) is 9.98 Å². The number of carbonyl (C=O) groups excluding carboxylic acids is 1. The molecule has 2 aliphatic rings. The number of benzene rings is 1. The molecular formula is C17H16N4O2. The van der Waals surface area contributed by atoms with Crippen LogP contribution in [0.2, 0.25) is 0 Å². The van der Waals surface area contributed by atoms with Gasteiger partial charge in [-0.25, -0.2) is 4.99 Å². The standard InChI is InChI=1S/C17H16N4O2/c1-10-5-3-4-6-12(10)20-16(22)13-11(2)23-17-14(13)15-18-7-8-21(15)9-19-17/h3-6,9H,7-8H2,1-2H3,(H,20,22). The number of amidine groups is 1. The first-order valence-corrected chi connectivity index (χ1v) is 7.51. The van der Waals surface area contributed by atoms with Crippen molar-refractivity contribution in [1.82, 2.24) is 4.90 Å². The van der Waals surface area contributed by atoms with Crippen molar-refractivity contribution >= 4 is 29.7 Å². The van der Waals surface area contributed by atoms with Crippen molar-refractivity contribution in [1.29, 1.82) is 0 Å². The minimum Gasteiger partial charge on any atom is -0.442 e. The number of para-hydroxylation sites is 1. The predicted molar refractivity (Wildman–Crippen MR) is 88.8 cm³/mol. The molecule has 23 heavy (non-hydrogen) atoms. The molecule has 0 aliphatic carbocycles. The second-order valence-electron chi connectivity index (χ2n) is 5.63. The Labute approximate surface area is 133 Å². The zero-order valence-electron chi connectivity index (χ0n) is 13.0. The Balaban J connectivity index is 1.76. The van der Waals surface area contributed by atoms with E-state index in [9.17, 15) is 4.79 Å². The highest BCUT2D eigenvalue weighted by atomic mass is 16.4. The van der Waals surface area contributed by atoms with Crippen LogP contribution in [0.25, 0.3) is 0 Å². The van der Waals surface area contributed by atoms with E-state index in [-0.39, 0.29) is 5.91 Å². The van der Waals surface area contributed by atoms with E-state index < -0.39 is 0 Å². The van der Waals surface area contributed by atoms with Gasteiger partial charge in [0.25, 0.3) is 5.91 Å². The molecule has 2 aliphatic heterocycles. The van der Waals surface area contributed by atoms with Crippen molar-refractivity contribution in [3.63, 3.8) is 0 Å². The summed E-state index contributed by atoms with van der Waals surface area (Å²) in [5, 5.41) is 2.96. The Bertz CT molecular complexity index is 863. The molecule has 0 saturated carbocycles. The number of aliphatic imine (C=N–C) groups is 2. The highest BCUT2D eigenvalue weighted by Gasteiger charge is 2.33. The summed E-state index contributed by atoms with van der Waals surface area (Å²) in [6.07, 6.45) is 1.71. The average Bonchev–Trinajstić information content (AvgIpc) is 3.12. The first-order chi connectivity index (χ1) is 11.1. The number of anilines is 1. The fraction of sp³-hybridized carbons (Fsp3) is 0.235. The maximum Gasteiger partial charge on any atom is 0.260 e. The third-order valence-electron chi connectivity index (χ3n) is 4.10. The number of fused-ring (bicyclic) bond motifs is 3. The third-order valence-corrected chi connectivity index (χ3v) is 4.10. The minimum atomic E-state index is -0.201. The molecule has 116 valence electrons. The van der Waals surface area contributed by atoms with Crippen molar-refractivity contribution < 1.29 is 9.21 Å². The van der Waals surface area contributed by atoms with E-state index >= 15 is 0 Å². The zero-order chi connectivity index (χ0) is 16.0. The molecule has 0 saturated heterocycles. The lowest BCUT2D eigenvalue weighted by molar-refractivity contribution is 0.102. The van der Waals surface area contributed by atoms with Gasteiger partial charge in [0, 0.05) is 12.2 Å². The zero-order valence-corrected chi connectivity index (χ0v) is 13.0. The van der Waals surface area contributed by atoms with Gasteiger partial charge >= 0.3 is 0 Å². The molecule has 0 fully saturated rings. The molecule has 6 heteroatoms. The summed E-state index contributed by atoms with van der Waals surface area (Å²) in [5.74, 6) is 1.57. The number of amides is 1. The van der Waals surface area contributed by atoms with Gasteiger partial charge in [0.05, 0.1) is 17.7 Å². The van der Waals surface area contributed by atoms with Gasteiger partial charge < -0.3 is 14.6 Å². The number of carbonyl (C=O) groups is 1. The lowest BCUT2D eigenvalue weighted by atomic mass is 10.1. The molecule has 1 N–H and O–H groups in total. The quantitative estimate of drug-likeness (QED) is 0.927. The Kier molecular flexibility index (Phi) is 3.04. The van der Waals surface area contributed by atoms with Gasteiger partial charge in [-0.3, -0.25) is 9.79 Å². The van der Waals surface area contributed by atoms with E-state index in [4.69, 9.17) is 4.42 Å². The third kappa shape index (κ3) is 2.14. The molecule has 1 amide bonds. The molecule has 4 rings (SSSR count). The van der Waals surface area contributed by atoms with Crippen molar-refractivity contribution in [2.75, 3.05) is 18.4 Å². The minimum absolute atomic E-state index is 0.201. The summed E-state index contributed by atoms with van der Waals surface area (Å²) in [6, 6.07) is 7.68. The van der Waals surface area contributed by atoms with Gasteiger partial charge in [0.15, 0.2) is 0 Å². The Morgan fingerprint density at radius 1 is 1.30 bits per heavy atom. The molecule has 3 heterocycles. The maximum absolute atomic E-state index is 12.8. The van der Waals surface area contributed by atoms with Gasteiger partial charge in [0.1, 0.15) is 17.9 Å². The SMILES string of the molecule is Cc1ccccc1NC(=O)c1c(C)oc2c1C1=NCCN1C=N2. The fourth-order valence-corrected chi connectivity index (χ4v) is 2.92. The summed E-state index contributed by atoms with van der Waals surface area (Å²) >= 11 is 0. The average molecular weight is 308 g/mol. The van der Waals surface area contributed by atoms with E-state index in [1.165, 1.54) is 0 Å². The highest BCUT2D eigenvalue weighted by molar-refractivity contribution is 6.19. The first kappa shape index (κ1) is 13.8. The normalized spacial score (nSPS) is 15.2. The largest absolute Gasteiger partial charge is 0.442 e. The Morgan fingerprint density at radius 3 is 2.96 bits per heavy atom. The Morgan fingerprint density at radius 2 is 2.13 bits per heavy atom. The highest BCUT2D eigenvalue weighted by Crippen LogP contribution is 2.34. The molecule has 0 atom stereocenters. The van der Waals surface area contributed by atoms with Crippen LogP contribution in [0.15, 0.2) is 38.7 Å². The number of furan rings is 1. The lowest BCUT2D eigenvalue weighted by Crippen LogP contribution is -2.30. The van der Waals surface area contributed by atoms with Crippen molar-refractivity contribution in [3.05, 3.63) is 46.7 Å². The smallest absolute Gasteiger partial charge is 0.260 e. The van der Waals surface area contributed by atoms with Crippen LogP contribution >= 0.6 is 0 Å². The summed E-state index contributed by atoms with van der Waals surface area (Å²) in [4.78, 5) is 23.5. The summed E-state index contributed by atoms with van der Waals surface area (Å²) < 4.78 is 5.67. The number of rotatable bonds is 2. The van der Waals surface area contributed by atoms with Crippen LogP contribution in [0.4, 0.5) is 11.6 Å². The summed E-state index contributed by atoms with van der Waals surface area (Å²) in [6.45, 7) is 5.21. The lowest BCUT2D eigenvalue weighted by Gasteiger charge is -2.18. The second-order valence-corrected chi connectivity index (χ2v) is 5.63. The van der Waals surface area contributed by atoms with Gasteiger partial charge in [-0.2, -0.15) is 0 Å². The number of nitrogens with one attached hydrogen (secondary N) is 1. The molecule has 0 bridgehead atoms. The molecule has 0 radical (unpaired) electrons. The van der Waals surface area contributed by atoms with Crippen LogP contribution < -0.4 is 5.32 Å². The van der Waals surface area contributed by atoms with Crippen molar-refractivity contribution in [3.8, 4) is 0 Å². The molecule has 2 aromatic rings. The maximum atomic E-state index is 12.8. The monoisotopic (exact) mass is 308 g/mol. The van der Waals surface area contributed by atoms with Gasteiger partial charge in [-0.05, 0) is 25.5 Å². The molecule has 0 unspecified atom stereocenters. The molecule has 6 nitrogen and oxygen atoms in total. The molecule has 1 aromatic carbocycles. The van der Waals surface area contributed by atoms with Crippen molar-refractivity contribution in [2.45, 2.75) is 13.8 Å². The van der Waals surface area contributed by atoms with Crippen LogP contribution in [0, 0.1) is 13.8 Å². The Hall–Kier alpha value is -2.89. The number of hydrogen-bond acceptors (Lipinski definition) is 5. The van der Waals surface area contributed by atoms with Crippen LogP contribution in [0.3, 0.4) is 0 Å². The summed E-state index contributed by atoms with van der Waals surface area (Å²) in [7, 11) is 0. The van der Waals surface area contributed by atoms with Gasteiger partial charge in [-0.15, -0.1) is 0 Å². The van der Waals surface area contributed by atoms with Crippen LogP contribution in [0.1, 0.15) is 27.2 Å². The fourth-order valence-electron chi connectivity index (χ4n) is 2.92. The van der Waals surface area contributed by atoms with Gasteiger partial charge in [0.2, 0.25) is 5.88 Å². The van der Waals surface area contributed by atoms with Crippen LogP contribution in [-0.4, -0.2) is 36.1 Å². The first-order valence-electron chi connectivity index (χ1n) is 7.51. The van der Waals surface area contributed by atoms with E-state index in [1.54, 1.807) is 13.3 Å². The topological polar surface area (TPSA) is 70.2 Å². The number of aryl methyl sites for hydroxylation is 2. The van der Waals surface area contributed by atoms with E-state index in [0.717, 1.165) is 23.6 Å². The predicted octanol–water partition coefficient (Wildman–Crippen LogP) is 2.88. The van der Waals surface area contributed by atoms with Crippen LogP contribution in [-0.2, 0) is 0 Å². The van der Waals surface area contributed by atoms with E-state index in [2.05, 4.69) is 15.3 Å². The number of nitrogens with zero attached hydrogens (tertiary/aromatic N) is 3. The molecular weight excluding hydrogens is 292 g/mol. The molecule has 0 spiro atoms. The van der Waals surface area contributed by atoms with Crippen LogP contribution in [0.5, 0.6) is 0 Å². The van der Waals surface area contributed by atoms with Gasteiger partial charge in [-0.1, -0.05) is 18.2 Å². The molecule has 1 aromatic heterocycles. The van der Waals surface area contributed by atoms with E-state index in [0.29, 0.717) is 29.3 Å².